The van der Waals surface area contributed by atoms with Crippen LogP contribution in [-0.4, -0.2) is 37.1 Å². The first-order valence-electron chi connectivity index (χ1n) is 10.1. The van der Waals surface area contributed by atoms with Crippen LogP contribution in [0.2, 0.25) is 0 Å². The second-order valence-corrected chi connectivity index (χ2v) is 6.93. The van der Waals surface area contributed by atoms with Crippen LogP contribution < -0.4 is 15.5 Å². The molecule has 0 bridgehead atoms. The number of guanidine groups is 1. The van der Waals surface area contributed by atoms with Gasteiger partial charge in [-0.2, -0.15) is 0 Å². The van der Waals surface area contributed by atoms with Gasteiger partial charge < -0.3 is 15.5 Å². The average Bonchev–Trinajstić information content (AvgIpc) is 3.25. The van der Waals surface area contributed by atoms with Crippen molar-refractivity contribution >= 4 is 35.8 Å². The lowest BCUT2D eigenvalue weighted by Crippen LogP contribution is -2.37. The normalized spacial score (nSPS) is 13.9. The number of aryl methyl sites for hydroxylation is 1. The summed E-state index contributed by atoms with van der Waals surface area (Å²) in [6.07, 6.45) is 6.66. The van der Waals surface area contributed by atoms with Gasteiger partial charge in [0.15, 0.2) is 5.96 Å². The SMILES string of the molecule is CCNC(=NCc1ccc(N2CCCC2)nc1)NCCCc1ccccc1.I. The van der Waals surface area contributed by atoms with Crippen molar-refractivity contribution < 1.29 is 0 Å². The zero-order valence-corrected chi connectivity index (χ0v) is 19.1. The van der Waals surface area contributed by atoms with E-state index in [0.717, 1.165) is 56.4 Å². The predicted molar refractivity (Wildman–Crippen MR) is 129 cm³/mol. The van der Waals surface area contributed by atoms with Crippen LogP contribution in [-0.2, 0) is 13.0 Å². The Balaban J connectivity index is 0.00000280. The second-order valence-electron chi connectivity index (χ2n) is 6.93. The van der Waals surface area contributed by atoms with E-state index in [0.29, 0.717) is 6.54 Å². The average molecular weight is 493 g/mol. The molecular formula is C22H32IN5. The van der Waals surface area contributed by atoms with E-state index in [9.17, 15) is 0 Å². The highest BCUT2D eigenvalue weighted by atomic mass is 127. The molecule has 1 aliphatic heterocycles. The van der Waals surface area contributed by atoms with Gasteiger partial charge in [0, 0.05) is 32.4 Å². The number of hydrogen-bond donors (Lipinski definition) is 2. The summed E-state index contributed by atoms with van der Waals surface area (Å²) in [7, 11) is 0. The van der Waals surface area contributed by atoms with Crippen LogP contribution in [0.15, 0.2) is 53.7 Å². The third kappa shape index (κ3) is 7.30. The number of halogens is 1. The number of aliphatic imine (C=N–C) groups is 1. The Labute approximate surface area is 186 Å². The highest BCUT2D eigenvalue weighted by Crippen LogP contribution is 2.17. The van der Waals surface area contributed by atoms with E-state index in [1.807, 2.05) is 6.20 Å². The maximum absolute atomic E-state index is 4.70. The summed E-state index contributed by atoms with van der Waals surface area (Å²) < 4.78 is 0. The minimum atomic E-state index is 0. The molecule has 0 saturated carbocycles. The van der Waals surface area contributed by atoms with Crippen molar-refractivity contribution in [3.63, 3.8) is 0 Å². The third-order valence-corrected chi connectivity index (χ3v) is 4.78. The molecule has 152 valence electrons. The lowest BCUT2D eigenvalue weighted by atomic mass is 10.1. The molecule has 0 spiro atoms. The van der Waals surface area contributed by atoms with Crippen molar-refractivity contribution in [1.82, 2.24) is 15.6 Å². The number of hydrogen-bond acceptors (Lipinski definition) is 3. The molecule has 2 aromatic rings. The molecule has 1 saturated heterocycles. The van der Waals surface area contributed by atoms with Crippen LogP contribution in [0, 0.1) is 0 Å². The Morgan fingerprint density at radius 2 is 1.82 bits per heavy atom. The van der Waals surface area contributed by atoms with Gasteiger partial charge in [-0.3, -0.25) is 0 Å². The molecule has 2 N–H and O–H groups in total. The third-order valence-electron chi connectivity index (χ3n) is 4.78. The molecule has 2 heterocycles. The first-order valence-corrected chi connectivity index (χ1v) is 10.1. The molecule has 0 aliphatic carbocycles. The molecular weight excluding hydrogens is 461 g/mol. The molecule has 1 fully saturated rings. The highest BCUT2D eigenvalue weighted by Gasteiger charge is 2.12. The van der Waals surface area contributed by atoms with Gasteiger partial charge >= 0.3 is 0 Å². The summed E-state index contributed by atoms with van der Waals surface area (Å²) in [4.78, 5) is 11.7. The summed E-state index contributed by atoms with van der Waals surface area (Å²) in [6.45, 7) is 6.75. The Morgan fingerprint density at radius 3 is 2.50 bits per heavy atom. The van der Waals surface area contributed by atoms with Crippen LogP contribution in [0.4, 0.5) is 5.82 Å². The number of nitrogens with one attached hydrogen (secondary N) is 2. The molecule has 5 nitrogen and oxygen atoms in total. The second kappa shape index (κ2) is 12.6. The molecule has 1 aliphatic rings. The van der Waals surface area contributed by atoms with E-state index in [-0.39, 0.29) is 24.0 Å². The number of rotatable bonds is 8. The molecule has 28 heavy (non-hydrogen) atoms. The van der Waals surface area contributed by atoms with Crippen molar-refractivity contribution in [3.8, 4) is 0 Å². The Kier molecular flexibility index (Phi) is 10.1. The molecule has 0 radical (unpaired) electrons. The maximum atomic E-state index is 4.70. The largest absolute Gasteiger partial charge is 0.357 e. The molecule has 0 unspecified atom stereocenters. The molecule has 3 rings (SSSR count). The lowest BCUT2D eigenvalue weighted by molar-refractivity contribution is 0.743. The van der Waals surface area contributed by atoms with Crippen molar-refractivity contribution in [2.75, 3.05) is 31.1 Å². The summed E-state index contributed by atoms with van der Waals surface area (Å²) in [5.41, 5.74) is 2.52. The van der Waals surface area contributed by atoms with Crippen LogP contribution >= 0.6 is 24.0 Å². The fourth-order valence-corrected chi connectivity index (χ4v) is 3.30. The van der Waals surface area contributed by atoms with E-state index in [1.54, 1.807) is 0 Å². The van der Waals surface area contributed by atoms with Crippen LogP contribution in [0.25, 0.3) is 0 Å². The molecule has 0 amide bonds. The number of anilines is 1. The minimum Gasteiger partial charge on any atom is -0.357 e. The van der Waals surface area contributed by atoms with Gasteiger partial charge in [0.2, 0.25) is 0 Å². The van der Waals surface area contributed by atoms with Crippen LogP contribution in [0.1, 0.15) is 37.3 Å². The Hall–Kier alpha value is -1.83. The summed E-state index contributed by atoms with van der Waals surface area (Å²) in [5, 5.41) is 6.75. The van der Waals surface area contributed by atoms with Crippen molar-refractivity contribution in [3.05, 3.63) is 59.8 Å². The van der Waals surface area contributed by atoms with Gasteiger partial charge in [0.25, 0.3) is 0 Å². The van der Waals surface area contributed by atoms with Gasteiger partial charge in [-0.05, 0) is 49.8 Å². The number of benzene rings is 1. The zero-order valence-electron chi connectivity index (χ0n) is 16.7. The quantitative estimate of drug-likeness (QED) is 0.253. The Morgan fingerprint density at radius 1 is 1.04 bits per heavy atom. The first-order chi connectivity index (χ1) is 13.3. The Bertz CT molecular complexity index is 697. The van der Waals surface area contributed by atoms with Crippen LogP contribution in [0.5, 0.6) is 0 Å². The number of aromatic nitrogens is 1. The zero-order chi connectivity index (χ0) is 18.7. The summed E-state index contributed by atoms with van der Waals surface area (Å²) >= 11 is 0. The lowest BCUT2D eigenvalue weighted by Gasteiger charge is -2.16. The van der Waals surface area contributed by atoms with Gasteiger partial charge in [-0.25, -0.2) is 9.98 Å². The molecule has 1 aromatic heterocycles. The van der Waals surface area contributed by atoms with Gasteiger partial charge in [-0.1, -0.05) is 36.4 Å². The monoisotopic (exact) mass is 493 g/mol. The fourth-order valence-electron chi connectivity index (χ4n) is 3.30. The predicted octanol–water partition coefficient (Wildman–Crippen LogP) is 3.99. The highest BCUT2D eigenvalue weighted by molar-refractivity contribution is 14.0. The van der Waals surface area contributed by atoms with E-state index in [2.05, 4.69) is 69.9 Å². The maximum Gasteiger partial charge on any atom is 0.191 e. The summed E-state index contributed by atoms with van der Waals surface area (Å²) in [5.74, 6) is 1.96. The summed E-state index contributed by atoms with van der Waals surface area (Å²) in [6, 6.07) is 14.9. The van der Waals surface area contributed by atoms with E-state index >= 15 is 0 Å². The molecule has 0 atom stereocenters. The number of pyridine rings is 1. The van der Waals surface area contributed by atoms with Crippen molar-refractivity contribution in [1.29, 1.82) is 0 Å². The van der Waals surface area contributed by atoms with Gasteiger partial charge in [-0.15, -0.1) is 24.0 Å². The smallest absolute Gasteiger partial charge is 0.191 e. The van der Waals surface area contributed by atoms with Crippen molar-refractivity contribution in [2.24, 2.45) is 4.99 Å². The van der Waals surface area contributed by atoms with E-state index < -0.39 is 0 Å². The van der Waals surface area contributed by atoms with Crippen molar-refractivity contribution in [2.45, 2.75) is 39.2 Å². The topological polar surface area (TPSA) is 52.6 Å². The van der Waals surface area contributed by atoms with Gasteiger partial charge in [0.1, 0.15) is 5.82 Å². The van der Waals surface area contributed by atoms with Gasteiger partial charge in [0.05, 0.1) is 6.54 Å². The van der Waals surface area contributed by atoms with Crippen LogP contribution in [0.3, 0.4) is 0 Å². The minimum absolute atomic E-state index is 0. The van der Waals surface area contributed by atoms with E-state index in [1.165, 1.54) is 18.4 Å². The fraction of sp³-hybridized carbons (Fsp3) is 0.455. The van der Waals surface area contributed by atoms with E-state index in [4.69, 9.17) is 4.99 Å². The number of nitrogens with zero attached hydrogens (tertiary/aromatic N) is 3. The molecule has 6 heteroatoms. The molecule has 1 aromatic carbocycles. The standard InChI is InChI=1S/C22H31N5.HI/c1-2-23-22(24-14-8-11-19-9-4-3-5-10-19)26-18-20-12-13-21(25-17-20)27-15-6-7-16-27;/h3-5,9-10,12-13,17H,2,6-8,11,14-16,18H2,1H3,(H2,23,24,26);1H. The first kappa shape index (κ1) is 22.5.